The van der Waals surface area contributed by atoms with Gasteiger partial charge in [-0.3, -0.25) is 14.9 Å². The summed E-state index contributed by atoms with van der Waals surface area (Å²) in [5.41, 5.74) is 0.511. The number of methoxy groups -OCH3 is 1. The van der Waals surface area contributed by atoms with Gasteiger partial charge in [0, 0.05) is 6.07 Å². The van der Waals surface area contributed by atoms with Crippen LogP contribution < -0.4 is 14.8 Å². The molecule has 0 fully saturated rings. The van der Waals surface area contributed by atoms with E-state index in [4.69, 9.17) is 9.47 Å². The van der Waals surface area contributed by atoms with Crippen LogP contribution in [0.1, 0.15) is 46.3 Å². The van der Waals surface area contributed by atoms with Crippen molar-refractivity contribution in [2.75, 3.05) is 19.0 Å². The van der Waals surface area contributed by atoms with E-state index in [0.29, 0.717) is 6.61 Å². The maximum atomic E-state index is 12.9. The van der Waals surface area contributed by atoms with Crippen LogP contribution in [0, 0.1) is 10.1 Å². The van der Waals surface area contributed by atoms with Crippen molar-refractivity contribution in [1.82, 2.24) is 9.97 Å². The molecule has 0 saturated carbocycles. The minimum atomic E-state index is -0.669. The van der Waals surface area contributed by atoms with E-state index < -0.39 is 16.8 Å². The lowest BCUT2D eigenvalue weighted by Gasteiger charge is -2.13. The van der Waals surface area contributed by atoms with Gasteiger partial charge < -0.3 is 19.5 Å². The number of aromatic nitrogens is 2. The summed E-state index contributed by atoms with van der Waals surface area (Å²) in [6, 6.07) is 14.3. The highest BCUT2D eigenvalue weighted by atomic mass is 16.6. The van der Waals surface area contributed by atoms with E-state index in [-0.39, 0.29) is 41.1 Å². The van der Waals surface area contributed by atoms with Crippen LogP contribution in [0.2, 0.25) is 0 Å². The van der Waals surface area contributed by atoms with Gasteiger partial charge in [0.05, 0.1) is 18.6 Å². The third-order valence-electron chi connectivity index (χ3n) is 4.73. The molecule has 182 valence electrons. The Balaban J connectivity index is 1.84. The number of ether oxygens (including phenoxy) is 3. The Hall–Kier alpha value is -4.54. The van der Waals surface area contributed by atoms with Crippen LogP contribution in [0.25, 0.3) is 0 Å². The molecule has 0 aliphatic carbocycles. The number of rotatable bonds is 11. The Morgan fingerprint density at radius 2 is 1.69 bits per heavy atom. The van der Waals surface area contributed by atoms with E-state index in [1.807, 2.05) is 25.1 Å². The van der Waals surface area contributed by atoms with Crippen molar-refractivity contribution in [2.45, 2.75) is 26.4 Å². The minimum absolute atomic E-state index is 0.0158. The molecule has 1 N–H and O–H groups in total. The van der Waals surface area contributed by atoms with E-state index in [0.717, 1.165) is 24.5 Å². The fraction of sp³-hybridized carbons (Fsp3) is 0.250. The highest BCUT2D eigenvalue weighted by Gasteiger charge is 2.22. The van der Waals surface area contributed by atoms with Crippen molar-refractivity contribution in [2.24, 2.45) is 0 Å². The number of carbonyl (C=O) groups is 2. The number of pyridine rings is 2. The Kier molecular flexibility index (Phi) is 8.65. The molecule has 0 aliphatic heterocycles. The number of anilines is 1. The molecule has 11 heteroatoms. The van der Waals surface area contributed by atoms with Crippen LogP contribution in [-0.2, 0) is 11.3 Å². The molecule has 1 amide bonds. The molecule has 2 heterocycles. The van der Waals surface area contributed by atoms with Crippen LogP contribution in [-0.4, -0.2) is 40.5 Å². The van der Waals surface area contributed by atoms with Crippen LogP contribution in [0.3, 0.4) is 0 Å². The molecule has 0 radical (unpaired) electrons. The van der Waals surface area contributed by atoms with Gasteiger partial charge in [-0.05, 0) is 30.2 Å². The molecule has 3 aromatic rings. The van der Waals surface area contributed by atoms with Gasteiger partial charge in [0.2, 0.25) is 5.88 Å². The van der Waals surface area contributed by atoms with E-state index in [2.05, 4.69) is 20.0 Å². The highest BCUT2D eigenvalue weighted by molar-refractivity contribution is 6.04. The smallest absolute Gasteiger partial charge is 0.356 e. The molecule has 2 aromatic heterocycles. The van der Waals surface area contributed by atoms with Gasteiger partial charge in [-0.2, -0.15) is 0 Å². The molecule has 11 nitrogen and oxygen atoms in total. The molecular weight excluding hydrogens is 456 g/mol. The third-order valence-corrected chi connectivity index (χ3v) is 4.73. The lowest BCUT2D eigenvalue weighted by Crippen LogP contribution is -2.17. The third kappa shape index (κ3) is 6.73. The fourth-order valence-electron chi connectivity index (χ4n) is 2.89. The van der Waals surface area contributed by atoms with Crippen molar-refractivity contribution in [3.63, 3.8) is 0 Å². The maximum Gasteiger partial charge on any atom is 0.356 e. The molecule has 0 spiro atoms. The monoisotopic (exact) mass is 480 g/mol. The average molecular weight is 480 g/mol. The van der Waals surface area contributed by atoms with Crippen LogP contribution >= 0.6 is 0 Å². The highest BCUT2D eigenvalue weighted by Crippen LogP contribution is 2.27. The topological polar surface area (TPSA) is 143 Å². The number of nitrogens with one attached hydrogen (secondary N) is 1. The number of nitrogens with zero attached hydrogens (tertiary/aromatic N) is 3. The van der Waals surface area contributed by atoms with Crippen molar-refractivity contribution in [3.05, 3.63) is 81.7 Å². The Morgan fingerprint density at radius 3 is 2.37 bits per heavy atom. The molecule has 1 aromatic carbocycles. The number of nitro groups is 1. The number of benzene rings is 1. The summed E-state index contributed by atoms with van der Waals surface area (Å²) < 4.78 is 15.9. The number of amides is 1. The standard InChI is InChI=1S/C24H24N4O7/c1-3-4-14-34-22-18(10-11-19(27-22)24(30)33-2)25-21(29)17-12-13-20(28(31)32)23(26-17)35-15-16-8-6-5-7-9-16/h5-13H,3-4,14-15H2,1-2H3,(H,25,29). The maximum absolute atomic E-state index is 12.9. The van der Waals surface area contributed by atoms with E-state index >= 15 is 0 Å². The van der Waals surface area contributed by atoms with Crippen LogP contribution in [0.5, 0.6) is 11.8 Å². The van der Waals surface area contributed by atoms with Gasteiger partial charge in [0.25, 0.3) is 11.8 Å². The van der Waals surface area contributed by atoms with E-state index in [1.54, 1.807) is 12.1 Å². The summed E-state index contributed by atoms with van der Waals surface area (Å²) in [4.78, 5) is 43.7. The van der Waals surface area contributed by atoms with E-state index in [9.17, 15) is 19.7 Å². The predicted octanol–water partition coefficient (Wildman–Crippen LogP) is 4.18. The first-order chi connectivity index (χ1) is 16.9. The first-order valence-corrected chi connectivity index (χ1v) is 10.8. The van der Waals surface area contributed by atoms with Gasteiger partial charge in [-0.25, -0.2) is 14.8 Å². The van der Waals surface area contributed by atoms with Crippen molar-refractivity contribution in [1.29, 1.82) is 0 Å². The molecule has 35 heavy (non-hydrogen) atoms. The average Bonchev–Trinajstić information content (AvgIpc) is 2.88. The van der Waals surface area contributed by atoms with Crippen molar-refractivity contribution >= 4 is 23.3 Å². The van der Waals surface area contributed by atoms with Gasteiger partial charge in [-0.15, -0.1) is 0 Å². The number of carbonyl (C=O) groups excluding carboxylic acids is 2. The van der Waals surface area contributed by atoms with Gasteiger partial charge >= 0.3 is 11.7 Å². The number of hydrogen-bond donors (Lipinski definition) is 1. The molecule has 0 atom stereocenters. The lowest BCUT2D eigenvalue weighted by molar-refractivity contribution is -0.386. The molecule has 3 rings (SSSR count). The van der Waals surface area contributed by atoms with Crippen LogP contribution in [0.15, 0.2) is 54.6 Å². The molecule has 0 aliphatic rings. The second kappa shape index (κ2) is 12.1. The van der Waals surface area contributed by atoms with Gasteiger partial charge in [0.15, 0.2) is 5.69 Å². The SMILES string of the molecule is CCCCOc1nc(C(=O)OC)ccc1NC(=O)c1ccc([N+](=O)[O-])c(OCc2ccccc2)n1. The summed E-state index contributed by atoms with van der Waals surface area (Å²) >= 11 is 0. The minimum Gasteiger partial charge on any atom is -0.476 e. The Morgan fingerprint density at radius 1 is 0.971 bits per heavy atom. The normalized spacial score (nSPS) is 10.3. The van der Waals surface area contributed by atoms with Crippen molar-refractivity contribution in [3.8, 4) is 11.8 Å². The quantitative estimate of drug-likeness (QED) is 0.185. The number of hydrogen-bond acceptors (Lipinski definition) is 9. The molecule has 0 saturated heterocycles. The molecule has 0 bridgehead atoms. The summed E-state index contributed by atoms with van der Waals surface area (Å²) in [6.45, 7) is 2.35. The Bertz CT molecular complexity index is 1200. The zero-order valence-electron chi connectivity index (χ0n) is 19.2. The zero-order chi connectivity index (χ0) is 25.2. The zero-order valence-corrected chi connectivity index (χ0v) is 19.2. The molecular formula is C24H24N4O7. The number of esters is 1. The summed E-state index contributed by atoms with van der Waals surface area (Å²) in [7, 11) is 1.23. The van der Waals surface area contributed by atoms with E-state index in [1.165, 1.54) is 25.3 Å². The first kappa shape index (κ1) is 25.1. The van der Waals surface area contributed by atoms with Crippen molar-refractivity contribution < 1.29 is 28.7 Å². The second-order valence-electron chi connectivity index (χ2n) is 7.25. The lowest BCUT2D eigenvalue weighted by atomic mass is 10.2. The summed E-state index contributed by atoms with van der Waals surface area (Å²) in [6.07, 6.45) is 1.61. The summed E-state index contributed by atoms with van der Waals surface area (Å²) in [5, 5.41) is 14.0. The largest absolute Gasteiger partial charge is 0.476 e. The first-order valence-electron chi connectivity index (χ1n) is 10.8. The van der Waals surface area contributed by atoms with Gasteiger partial charge in [0.1, 0.15) is 18.0 Å². The van der Waals surface area contributed by atoms with Crippen LogP contribution in [0.4, 0.5) is 11.4 Å². The second-order valence-corrected chi connectivity index (χ2v) is 7.25. The molecule has 0 unspecified atom stereocenters. The fourth-order valence-corrected chi connectivity index (χ4v) is 2.89. The Labute approximate surface area is 201 Å². The summed E-state index contributed by atoms with van der Waals surface area (Å²) in [5.74, 6) is -1.57. The number of unbranched alkanes of at least 4 members (excludes halogenated alkanes) is 1. The van der Waals surface area contributed by atoms with Gasteiger partial charge in [-0.1, -0.05) is 43.7 Å². The predicted molar refractivity (Wildman–Crippen MR) is 126 cm³/mol.